The number of nitrogens with zero attached hydrogens (tertiary/aromatic N) is 2. The maximum atomic E-state index is 11.1. The molecule has 0 spiro atoms. The van der Waals surface area contributed by atoms with Crippen LogP contribution in [0.25, 0.3) is 21.8 Å². The molecule has 0 N–H and O–H groups in total. The molecule has 1 saturated heterocycles. The topological polar surface area (TPSA) is 66.5 Å². The quantitative estimate of drug-likeness (QED) is 0.514. The molecule has 0 radical (unpaired) electrons. The molecule has 6 nitrogen and oxygen atoms in total. The number of hydrogen-bond donors (Lipinski definition) is 0. The predicted octanol–water partition coefficient (Wildman–Crippen LogP) is 4.25. The Labute approximate surface area is 145 Å². The first-order valence-electron chi connectivity index (χ1n) is 8.62. The lowest BCUT2D eigenvalue weighted by molar-refractivity contribution is -0.384. The number of nitro groups is 1. The van der Waals surface area contributed by atoms with Crippen molar-refractivity contribution in [3.8, 4) is 0 Å². The van der Waals surface area contributed by atoms with Gasteiger partial charge < -0.3 is 14.0 Å². The van der Waals surface area contributed by atoms with Crippen molar-refractivity contribution in [1.82, 2.24) is 4.57 Å². The van der Waals surface area contributed by atoms with E-state index in [1.54, 1.807) is 12.1 Å². The minimum absolute atomic E-state index is 0.108. The molecule has 1 aliphatic rings. The van der Waals surface area contributed by atoms with Gasteiger partial charge in [0.05, 0.1) is 11.5 Å². The van der Waals surface area contributed by atoms with E-state index in [1.807, 2.05) is 30.3 Å². The van der Waals surface area contributed by atoms with Gasteiger partial charge in [0, 0.05) is 47.1 Å². The summed E-state index contributed by atoms with van der Waals surface area (Å²) >= 11 is 0. The van der Waals surface area contributed by atoms with Gasteiger partial charge in [-0.25, -0.2) is 0 Å². The first kappa shape index (κ1) is 16.1. The first-order valence-corrected chi connectivity index (χ1v) is 8.62. The van der Waals surface area contributed by atoms with E-state index in [9.17, 15) is 10.1 Å². The van der Waals surface area contributed by atoms with Gasteiger partial charge in [0.1, 0.15) is 0 Å². The highest BCUT2D eigenvalue weighted by Crippen LogP contribution is 2.31. The van der Waals surface area contributed by atoms with Crippen LogP contribution in [0.15, 0.2) is 42.5 Å². The summed E-state index contributed by atoms with van der Waals surface area (Å²) < 4.78 is 13.6. The monoisotopic (exact) mass is 340 g/mol. The number of para-hydroxylation sites is 1. The summed E-state index contributed by atoms with van der Waals surface area (Å²) in [7, 11) is 0. The number of rotatable bonds is 5. The molecule has 1 atom stereocenters. The summed E-state index contributed by atoms with van der Waals surface area (Å²) in [6.45, 7) is 2.00. The Bertz CT molecular complexity index is 912. The third-order valence-corrected chi connectivity index (χ3v) is 4.72. The summed E-state index contributed by atoms with van der Waals surface area (Å²) in [6, 6.07) is 13.0. The second-order valence-corrected chi connectivity index (χ2v) is 6.29. The van der Waals surface area contributed by atoms with Crippen LogP contribution in [0.1, 0.15) is 19.3 Å². The summed E-state index contributed by atoms with van der Waals surface area (Å²) in [6.07, 6.45) is 3.08. The lowest BCUT2D eigenvalue weighted by atomic mass is 10.1. The number of aromatic nitrogens is 1. The zero-order valence-corrected chi connectivity index (χ0v) is 13.9. The summed E-state index contributed by atoms with van der Waals surface area (Å²) in [4.78, 5) is 10.7. The Morgan fingerprint density at radius 3 is 2.80 bits per heavy atom. The van der Waals surface area contributed by atoms with Crippen LogP contribution in [0, 0.1) is 10.1 Å². The highest BCUT2D eigenvalue weighted by molar-refractivity contribution is 6.08. The lowest BCUT2D eigenvalue weighted by Gasteiger charge is -2.22. The van der Waals surface area contributed by atoms with Crippen molar-refractivity contribution >= 4 is 27.5 Å². The van der Waals surface area contributed by atoms with Gasteiger partial charge in [-0.1, -0.05) is 18.2 Å². The van der Waals surface area contributed by atoms with E-state index in [0.717, 1.165) is 47.7 Å². The zero-order chi connectivity index (χ0) is 17.2. The Morgan fingerprint density at radius 2 is 2.00 bits per heavy atom. The average molecular weight is 340 g/mol. The predicted molar refractivity (Wildman–Crippen MR) is 95.6 cm³/mol. The van der Waals surface area contributed by atoms with E-state index in [4.69, 9.17) is 9.47 Å². The smallest absolute Gasteiger partial charge is 0.270 e. The fraction of sp³-hybridized carbons (Fsp3) is 0.368. The molecule has 4 rings (SSSR count). The zero-order valence-electron chi connectivity index (χ0n) is 13.9. The van der Waals surface area contributed by atoms with Gasteiger partial charge in [0.2, 0.25) is 0 Å². The van der Waals surface area contributed by atoms with Crippen molar-refractivity contribution < 1.29 is 14.4 Å². The molecule has 0 amide bonds. The van der Waals surface area contributed by atoms with Crippen LogP contribution >= 0.6 is 0 Å². The minimum Gasteiger partial charge on any atom is -0.353 e. The fourth-order valence-electron chi connectivity index (χ4n) is 3.51. The van der Waals surface area contributed by atoms with E-state index in [0.29, 0.717) is 13.2 Å². The van der Waals surface area contributed by atoms with Gasteiger partial charge in [-0.3, -0.25) is 10.1 Å². The van der Waals surface area contributed by atoms with Crippen LogP contribution in [0.4, 0.5) is 5.69 Å². The van der Waals surface area contributed by atoms with E-state index >= 15 is 0 Å². The van der Waals surface area contributed by atoms with Crippen molar-refractivity contribution in [3.05, 3.63) is 52.6 Å². The molecule has 0 saturated carbocycles. The van der Waals surface area contributed by atoms with Gasteiger partial charge in [-0.05, 0) is 31.4 Å². The fourth-order valence-corrected chi connectivity index (χ4v) is 3.51. The molecule has 1 unspecified atom stereocenters. The van der Waals surface area contributed by atoms with Gasteiger partial charge in [-0.15, -0.1) is 0 Å². The molecular weight excluding hydrogens is 320 g/mol. The second kappa shape index (κ2) is 6.82. The van der Waals surface area contributed by atoms with Gasteiger partial charge in [0.15, 0.2) is 6.29 Å². The molecular formula is C19H20N2O4. The van der Waals surface area contributed by atoms with Crippen molar-refractivity contribution in [1.29, 1.82) is 0 Å². The van der Waals surface area contributed by atoms with Crippen molar-refractivity contribution in [2.75, 3.05) is 13.2 Å². The molecule has 25 heavy (non-hydrogen) atoms. The van der Waals surface area contributed by atoms with Crippen molar-refractivity contribution in [3.63, 3.8) is 0 Å². The normalized spacial score (nSPS) is 18.0. The van der Waals surface area contributed by atoms with Crippen LogP contribution in [-0.4, -0.2) is 29.0 Å². The number of benzene rings is 2. The van der Waals surface area contributed by atoms with E-state index in [1.165, 1.54) is 0 Å². The lowest BCUT2D eigenvalue weighted by Crippen LogP contribution is -2.23. The van der Waals surface area contributed by atoms with Gasteiger partial charge in [0.25, 0.3) is 5.69 Å². The van der Waals surface area contributed by atoms with Crippen molar-refractivity contribution in [2.24, 2.45) is 0 Å². The van der Waals surface area contributed by atoms with Gasteiger partial charge >= 0.3 is 0 Å². The largest absolute Gasteiger partial charge is 0.353 e. The number of nitro benzene ring substituents is 1. The average Bonchev–Trinajstić information content (AvgIpc) is 2.96. The third-order valence-electron chi connectivity index (χ3n) is 4.72. The van der Waals surface area contributed by atoms with Crippen LogP contribution in [-0.2, 0) is 16.0 Å². The molecule has 1 aliphatic heterocycles. The first-order chi connectivity index (χ1) is 12.2. The highest BCUT2D eigenvalue weighted by atomic mass is 16.7. The molecule has 2 heterocycles. The molecule has 0 aliphatic carbocycles. The summed E-state index contributed by atoms with van der Waals surface area (Å²) in [5, 5.41) is 13.0. The standard InChI is InChI=1S/C19H20N2O4/c22-21(23)14-8-9-18-16(13-14)15-5-1-2-6-17(15)20(18)10-12-25-19-7-3-4-11-24-19/h1-2,5-6,8-9,13,19H,3-4,7,10-12H2. The molecule has 0 bridgehead atoms. The molecule has 1 fully saturated rings. The van der Waals surface area contributed by atoms with Crippen LogP contribution < -0.4 is 0 Å². The Morgan fingerprint density at radius 1 is 1.16 bits per heavy atom. The third kappa shape index (κ3) is 3.10. The van der Waals surface area contributed by atoms with Crippen molar-refractivity contribution in [2.45, 2.75) is 32.1 Å². The van der Waals surface area contributed by atoms with E-state index in [2.05, 4.69) is 4.57 Å². The maximum absolute atomic E-state index is 11.1. The van der Waals surface area contributed by atoms with E-state index in [-0.39, 0.29) is 16.9 Å². The minimum atomic E-state index is -0.352. The Hall–Kier alpha value is -2.44. The molecule has 6 heteroatoms. The number of hydrogen-bond acceptors (Lipinski definition) is 4. The number of ether oxygens (including phenoxy) is 2. The number of non-ortho nitro benzene ring substituents is 1. The van der Waals surface area contributed by atoms with Gasteiger partial charge in [-0.2, -0.15) is 0 Å². The Balaban J connectivity index is 1.65. The molecule has 2 aromatic carbocycles. The maximum Gasteiger partial charge on any atom is 0.270 e. The Kier molecular flexibility index (Phi) is 4.38. The highest BCUT2D eigenvalue weighted by Gasteiger charge is 2.16. The summed E-state index contributed by atoms with van der Waals surface area (Å²) in [5.41, 5.74) is 2.16. The van der Waals surface area contributed by atoms with E-state index < -0.39 is 0 Å². The van der Waals surface area contributed by atoms with Crippen LogP contribution in [0.2, 0.25) is 0 Å². The second-order valence-electron chi connectivity index (χ2n) is 6.29. The number of fused-ring (bicyclic) bond motifs is 3. The van der Waals surface area contributed by atoms with Crippen LogP contribution in [0.5, 0.6) is 0 Å². The molecule has 1 aromatic heterocycles. The SMILES string of the molecule is O=[N+]([O-])c1ccc2c(c1)c1ccccc1n2CCOC1CCCCO1. The summed E-state index contributed by atoms with van der Waals surface area (Å²) in [5.74, 6) is 0. The molecule has 3 aromatic rings. The molecule has 130 valence electrons. The van der Waals surface area contributed by atoms with Crippen LogP contribution in [0.3, 0.4) is 0 Å².